The van der Waals surface area contributed by atoms with Crippen LogP contribution in [0.1, 0.15) is 47.0 Å². The van der Waals surface area contributed by atoms with Gasteiger partial charge in [-0.1, -0.05) is 0 Å². The second-order valence-electron chi connectivity index (χ2n) is 6.25. The normalized spacial score (nSPS) is 18.5. The van der Waals surface area contributed by atoms with Crippen molar-refractivity contribution in [1.82, 2.24) is 9.80 Å². The lowest BCUT2D eigenvalue weighted by molar-refractivity contribution is -0.145. The minimum atomic E-state index is -0.895. The first-order valence-electron chi connectivity index (χ1n) is 7.01. The Labute approximate surface area is 115 Å². The fourth-order valence-electron chi connectivity index (χ4n) is 2.61. The number of piperidine rings is 1. The van der Waals surface area contributed by atoms with E-state index in [0.29, 0.717) is 0 Å². The molecule has 5 heteroatoms. The molecule has 1 saturated heterocycles. The predicted octanol–water partition coefficient (Wildman–Crippen LogP) is 1.57. The molecule has 19 heavy (non-hydrogen) atoms. The van der Waals surface area contributed by atoms with Crippen LogP contribution >= 0.6 is 0 Å². The average molecular weight is 270 g/mol. The van der Waals surface area contributed by atoms with Crippen molar-refractivity contribution in [3.8, 4) is 0 Å². The molecular weight excluding hydrogens is 244 g/mol. The number of carbonyl (C=O) groups is 2. The second kappa shape index (κ2) is 6.37. The van der Waals surface area contributed by atoms with Gasteiger partial charge in [-0.3, -0.25) is 14.5 Å². The third-order valence-corrected chi connectivity index (χ3v) is 3.66. The highest BCUT2D eigenvalue weighted by atomic mass is 16.4. The van der Waals surface area contributed by atoms with E-state index in [4.69, 9.17) is 5.11 Å². The number of carboxylic acids is 1. The molecule has 0 aromatic heterocycles. The number of rotatable bonds is 4. The van der Waals surface area contributed by atoms with E-state index in [-0.39, 0.29) is 18.0 Å². The third-order valence-electron chi connectivity index (χ3n) is 3.66. The summed E-state index contributed by atoms with van der Waals surface area (Å²) in [6, 6.07) is -0.394. The van der Waals surface area contributed by atoms with Crippen molar-refractivity contribution in [2.24, 2.45) is 0 Å². The largest absolute Gasteiger partial charge is 0.480 e. The topological polar surface area (TPSA) is 60.9 Å². The highest BCUT2D eigenvalue weighted by Gasteiger charge is 2.34. The number of hydrogen-bond acceptors (Lipinski definition) is 3. The third kappa shape index (κ3) is 4.49. The van der Waals surface area contributed by atoms with Crippen molar-refractivity contribution < 1.29 is 14.7 Å². The van der Waals surface area contributed by atoms with Crippen LogP contribution in [0.15, 0.2) is 0 Å². The van der Waals surface area contributed by atoms with Crippen LogP contribution in [0.25, 0.3) is 0 Å². The van der Waals surface area contributed by atoms with E-state index in [1.54, 1.807) is 4.90 Å². The summed E-state index contributed by atoms with van der Waals surface area (Å²) in [5.41, 5.74) is -0.344. The van der Waals surface area contributed by atoms with E-state index >= 15 is 0 Å². The zero-order chi connectivity index (χ0) is 14.6. The molecule has 0 radical (unpaired) electrons. The van der Waals surface area contributed by atoms with Crippen molar-refractivity contribution in [2.45, 2.75) is 58.5 Å². The van der Waals surface area contributed by atoms with Crippen LogP contribution in [0.2, 0.25) is 0 Å². The lowest BCUT2D eigenvalue weighted by atomic mass is 10.0. The van der Waals surface area contributed by atoms with Crippen LogP contribution in [0.3, 0.4) is 0 Å². The van der Waals surface area contributed by atoms with Gasteiger partial charge in [-0.25, -0.2) is 0 Å². The smallest absolute Gasteiger partial charge is 0.317 e. The van der Waals surface area contributed by atoms with Crippen LogP contribution in [-0.2, 0) is 9.59 Å². The number of likely N-dealkylation sites (tertiary alicyclic amines) is 1. The van der Waals surface area contributed by atoms with E-state index in [2.05, 4.69) is 0 Å². The van der Waals surface area contributed by atoms with E-state index in [1.807, 2.05) is 32.6 Å². The summed E-state index contributed by atoms with van der Waals surface area (Å²) in [4.78, 5) is 27.1. The number of hydrogen-bond donors (Lipinski definition) is 1. The van der Waals surface area contributed by atoms with Crippen LogP contribution in [-0.4, -0.2) is 58.0 Å². The molecule has 0 spiro atoms. The monoisotopic (exact) mass is 270 g/mol. The molecule has 1 rings (SSSR count). The van der Waals surface area contributed by atoms with Crippen molar-refractivity contribution in [3.63, 3.8) is 0 Å². The number of carbonyl (C=O) groups excluding carboxylic acids is 1. The van der Waals surface area contributed by atoms with Gasteiger partial charge in [0.25, 0.3) is 0 Å². The Kier molecular flexibility index (Phi) is 5.35. The van der Waals surface area contributed by atoms with Gasteiger partial charge in [0, 0.05) is 18.6 Å². The molecule has 0 aromatic rings. The second-order valence-corrected chi connectivity index (χ2v) is 6.25. The van der Waals surface area contributed by atoms with E-state index in [9.17, 15) is 9.59 Å². The van der Waals surface area contributed by atoms with Gasteiger partial charge in [-0.05, 0) is 47.0 Å². The van der Waals surface area contributed by atoms with Crippen LogP contribution in [0.4, 0.5) is 0 Å². The van der Waals surface area contributed by atoms with Gasteiger partial charge in [0.1, 0.15) is 0 Å². The Balaban J connectivity index is 2.77. The molecule has 1 fully saturated rings. The van der Waals surface area contributed by atoms with Crippen LogP contribution < -0.4 is 0 Å². The van der Waals surface area contributed by atoms with Gasteiger partial charge in [0.2, 0.25) is 5.91 Å². The first-order chi connectivity index (χ1) is 8.73. The minimum absolute atomic E-state index is 0.0517. The molecule has 1 amide bonds. The summed E-state index contributed by atoms with van der Waals surface area (Å²) in [5.74, 6) is -0.843. The molecule has 5 nitrogen and oxygen atoms in total. The molecule has 1 unspecified atom stereocenters. The van der Waals surface area contributed by atoms with E-state index < -0.39 is 12.0 Å². The molecule has 0 saturated carbocycles. The Bertz CT molecular complexity index is 330. The van der Waals surface area contributed by atoms with Gasteiger partial charge in [0.05, 0.1) is 12.6 Å². The first-order valence-corrected chi connectivity index (χ1v) is 7.01. The van der Waals surface area contributed by atoms with Crippen molar-refractivity contribution in [1.29, 1.82) is 0 Å². The predicted molar refractivity (Wildman–Crippen MR) is 74.0 cm³/mol. The van der Waals surface area contributed by atoms with Crippen LogP contribution in [0.5, 0.6) is 0 Å². The Hall–Kier alpha value is -1.10. The van der Waals surface area contributed by atoms with Gasteiger partial charge in [0.15, 0.2) is 0 Å². The molecule has 0 bridgehead atoms. The van der Waals surface area contributed by atoms with Crippen LogP contribution in [0, 0.1) is 0 Å². The molecule has 0 aliphatic carbocycles. The maximum absolute atomic E-state index is 12.5. The summed E-state index contributed by atoms with van der Waals surface area (Å²) < 4.78 is 0. The molecule has 1 aliphatic heterocycles. The van der Waals surface area contributed by atoms with Gasteiger partial charge in [-0.15, -0.1) is 0 Å². The van der Waals surface area contributed by atoms with Gasteiger partial charge in [-0.2, -0.15) is 0 Å². The molecule has 1 atom stereocenters. The van der Waals surface area contributed by atoms with Crippen molar-refractivity contribution in [3.05, 3.63) is 0 Å². The molecule has 110 valence electrons. The average Bonchev–Trinajstić information content (AvgIpc) is 2.34. The summed E-state index contributed by atoms with van der Waals surface area (Å²) in [6.45, 7) is 9.12. The number of amides is 1. The standard InChI is InChI=1S/C14H26N2O3/c1-11(13(19)15-8-6-5-7-9-15)16(10-12(17)18)14(2,3)4/h11H,5-10H2,1-4H3,(H,17,18). The van der Waals surface area contributed by atoms with Crippen molar-refractivity contribution in [2.75, 3.05) is 19.6 Å². The summed E-state index contributed by atoms with van der Waals surface area (Å²) in [6.07, 6.45) is 3.27. The maximum atomic E-state index is 12.5. The van der Waals surface area contributed by atoms with E-state index in [0.717, 1.165) is 25.9 Å². The molecule has 0 aromatic carbocycles. The number of carboxylic acid groups (broad SMARTS) is 1. The highest BCUT2D eigenvalue weighted by molar-refractivity contribution is 5.82. The molecular formula is C14H26N2O3. The fraction of sp³-hybridized carbons (Fsp3) is 0.857. The lowest BCUT2D eigenvalue weighted by Crippen LogP contribution is -2.56. The summed E-state index contributed by atoms with van der Waals surface area (Å²) >= 11 is 0. The summed E-state index contributed by atoms with van der Waals surface area (Å²) in [7, 11) is 0. The Morgan fingerprint density at radius 1 is 1.21 bits per heavy atom. The quantitative estimate of drug-likeness (QED) is 0.842. The Morgan fingerprint density at radius 2 is 1.74 bits per heavy atom. The van der Waals surface area contributed by atoms with Gasteiger partial charge < -0.3 is 10.0 Å². The minimum Gasteiger partial charge on any atom is -0.480 e. The number of aliphatic carboxylic acids is 1. The van der Waals surface area contributed by atoms with Crippen molar-refractivity contribution >= 4 is 11.9 Å². The lowest BCUT2D eigenvalue weighted by Gasteiger charge is -2.40. The molecule has 1 N–H and O–H groups in total. The Morgan fingerprint density at radius 3 is 2.16 bits per heavy atom. The summed E-state index contributed by atoms with van der Waals surface area (Å²) in [5, 5.41) is 9.02. The maximum Gasteiger partial charge on any atom is 0.317 e. The molecule has 1 aliphatic rings. The fourth-order valence-corrected chi connectivity index (χ4v) is 2.61. The zero-order valence-electron chi connectivity index (χ0n) is 12.5. The SMILES string of the molecule is CC(C(=O)N1CCCCC1)N(CC(=O)O)C(C)(C)C. The zero-order valence-corrected chi connectivity index (χ0v) is 12.5. The number of nitrogens with zero attached hydrogens (tertiary/aromatic N) is 2. The molecule has 1 heterocycles. The van der Waals surface area contributed by atoms with E-state index in [1.165, 1.54) is 6.42 Å². The first kappa shape index (κ1) is 16.0. The van der Waals surface area contributed by atoms with Gasteiger partial charge >= 0.3 is 5.97 Å². The highest BCUT2D eigenvalue weighted by Crippen LogP contribution is 2.19.